The van der Waals surface area contributed by atoms with Crippen molar-refractivity contribution in [1.82, 2.24) is 9.78 Å². The summed E-state index contributed by atoms with van der Waals surface area (Å²) in [4.78, 5) is 11.8. The molecule has 1 aromatic carbocycles. The van der Waals surface area contributed by atoms with Gasteiger partial charge in [-0.1, -0.05) is 0 Å². The van der Waals surface area contributed by atoms with Gasteiger partial charge >= 0.3 is 12.1 Å². The number of carbonyl (C=O) groups is 1. The molecule has 2 rings (SSSR count). The van der Waals surface area contributed by atoms with Crippen LogP contribution < -0.4 is 10.5 Å². The van der Waals surface area contributed by atoms with Crippen LogP contribution in [0, 0.1) is 0 Å². The van der Waals surface area contributed by atoms with Gasteiger partial charge in [-0.15, -0.1) is 5.10 Å². The van der Waals surface area contributed by atoms with Crippen LogP contribution in [-0.4, -0.2) is 22.4 Å². The molecular weight excluding hydrogens is 315 g/mol. The highest BCUT2D eigenvalue weighted by Gasteiger charge is 2.35. The summed E-state index contributed by atoms with van der Waals surface area (Å²) >= 11 is 0. The van der Waals surface area contributed by atoms with Crippen LogP contribution in [0.4, 0.5) is 18.9 Å². The number of hydrogen-bond donors (Lipinski definition) is 1. The molecule has 0 aliphatic carbocycles. The quantitative estimate of drug-likeness (QED) is 0.689. The topological polar surface area (TPSA) is 79.4 Å². The zero-order valence-electron chi connectivity index (χ0n) is 12.3. The first-order chi connectivity index (χ1) is 10.7. The molecule has 2 N–H and O–H groups in total. The summed E-state index contributed by atoms with van der Waals surface area (Å²) in [6, 6.07) is 3.08. The SMILES string of the molecule is CCOC(=O)c1cn(C)nc1Oc1ccc(N)cc1C(F)(F)F. The largest absolute Gasteiger partial charge is 0.462 e. The highest BCUT2D eigenvalue weighted by atomic mass is 19.4. The summed E-state index contributed by atoms with van der Waals surface area (Å²) < 4.78 is 50.5. The van der Waals surface area contributed by atoms with Gasteiger partial charge in [0.15, 0.2) is 0 Å². The Hall–Kier alpha value is -2.71. The number of halogens is 3. The summed E-state index contributed by atoms with van der Waals surface area (Å²) in [6.45, 7) is 1.72. The van der Waals surface area contributed by atoms with E-state index in [1.165, 1.54) is 24.0 Å². The fourth-order valence-electron chi connectivity index (χ4n) is 1.85. The van der Waals surface area contributed by atoms with E-state index in [0.717, 1.165) is 12.1 Å². The average molecular weight is 329 g/mol. The molecule has 23 heavy (non-hydrogen) atoms. The summed E-state index contributed by atoms with van der Waals surface area (Å²) in [6.07, 6.45) is -3.36. The van der Waals surface area contributed by atoms with Gasteiger partial charge in [0.2, 0.25) is 0 Å². The maximum absolute atomic E-state index is 13.1. The number of nitrogens with two attached hydrogens (primary N) is 1. The number of aryl methyl sites for hydroxylation is 1. The second kappa shape index (κ2) is 6.19. The van der Waals surface area contributed by atoms with E-state index < -0.39 is 23.5 Å². The molecule has 0 spiro atoms. The predicted molar refractivity (Wildman–Crippen MR) is 75.1 cm³/mol. The van der Waals surface area contributed by atoms with Gasteiger partial charge in [0.1, 0.15) is 16.9 Å². The number of alkyl halides is 3. The monoisotopic (exact) mass is 329 g/mol. The Morgan fingerprint density at radius 1 is 1.39 bits per heavy atom. The maximum Gasteiger partial charge on any atom is 0.420 e. The van der Waals surface area contributed by atoms with Crippen molar-refractivity contribution in [1.29, 1.82) is 0 Å². The predicted octanol–water partition coefficient (Wildman–Crippen LogP) is 2.99. The Bertz CT molecular complexity index is 726. The molecule has 0 atom stereocenters. The van der Waals surface area contributed by atoms with Crippen molar-refractivity contribution in [2.45, 2.75) is 13.1 Å². The number of ether oxygens (including phenoxy) is 2. The van der Waals surface area contributed by atoms with Crippen LogP contribution in [0.3, 0.4) is 0 Å². The minimum Gasteiger partial charge on any atom is -0.462 e. The van der Waals surface area contributed by atoms with Crippen molar-refractivity contribution < 1.29 is 27.4 Å². The van der Waals surface area contributed by atoms with E-state index in [4.69, 9.17) is 15.2 Å². The van der Waals surface area contributed by atoms with E-state index in [2.05, 4.69) is 5.10 Å². The highest BCUT2D eigenvalue weighted by Crippen LogP contribution is 2.39. The lowest BCUT2D eigenvalue weighted by atomic mass is 10.1. The number of aromatic nitrogens is 2. The molecular formula is C14H14F3N3O3. The average Bonchev–Trinajstić information content (AvgIpc) is 2.81. The molecule has 0 aliphatic rings. The van der Waals surface area contributed by atoms with Gasteiger partial charge in [0.25, 0.3) is 5.88 Å². The van der Waals surface area contributed by atoms with Crippen molar-refractivity contribution >= 4 is 11.7 Å². The third-order valence-corrected chi connectivity index (χ3v) is 2.81. The van der Waals surface area contributed by atoms with Crippen molar-refractivity contribution in [2.24, 2.45) is 7.05 Å². The number of esters is 1. The Morgan fingerprint density at radius 2 is 2.09 bits per heavy atom. The lowest BCUT2D eigenvalue weighted by Gasteiger charge is -2.13. The van der Waals surface area contributed by atoms with Crippen LogP contribution in [0.15, 0.2) is 24.4 Å². The van der Waals surface area contributed by atoms with Gasteiger partial charge in [-0.05, 0) is 25.1 Å². The molecule has 0 fully saturated rings. The minimum atomic E-state index is -4.66. The molecule has 0 unspecified atom stereocenters. The van der Waals surface area contributed by atoms with Gasteiger partial charge in [0, 0.05) is 18.9 Å². The number of hydrogen-bond acceptors (Lipinski definition) is 5. The van der Waals surface area contributed by atoms with Crippen LogP contribution in [0.1, 0.15) is 22.8 Å². The first-order valence-corrected chi connectivity index (χ1v) is 6.57. The van der Waals surface area contributed by atoms with Crippen LogP contribution in [0.25, 0.3) is 0 Å². The first kappa shape index (κ1) is 16.7. The van der Waals surface area contributed by atoms with E-state index >= 15 is 0 Å². The lowest BCUT2D eigenvalue weighted by Crippen LogP contribution is -2.09. The normalized spacial score (nSPS) is 11.3. The zero-order valence-corrected chi connectivity index (χ0v) is 12.3. The summed E-state index contributed by atoms with van der Waals surface area (Å²) in [5, 5.41) is 3.85. The molecule has 6 nitrogen and oxygen atoms in total. The zero-order chi connectivity index (χ0) is 17.2. The second-order valence-corrected chi connectivity index (χ2v) is 4.60. The standard InChI is InChI=1S/C14H14F3N3O3/c1-3-22-13(21)9-7-20(2)19-12(9)23-11-5-4-8(18)6-10(11)14(15,16)17/h4-7H,3,18H2,1-2H3. The fourth-order valence-corrected chi connectivity index (χ4v) is 1.85. The Labute approximate surface area is 129 Å². The van der Waals surface area contributed by atoms with Crippen LogP contribution in [-0.2, 0) is 18.0 Å². The molecule has 9 heteroatoms. The number of nitrogens with zero attached hydrogens (tertiary/aromatic N) is 2. The number of rotatable bonds is 4. The van der Waals surface area contributed by atoms with E-state index in [1.807, 2.05) is 0 Å². The highest BCUT2D eigenvalue weighted by molar-refractivity contribution is 5.91. The van der Waals surface area contributed by atoms with E-state index in [-0.39, 0.29) is 23.7 Å². The molecule has 0 saturated carbocycles. The van der Waals surface area contributed by atoms with E-state index in [1.54, 1.807) is 6.92 Å². The molecule has 0 amide bonds. The van der Waals surface area contributed by atoms with Gasteiger partial charge in [0.05, 0.1) is 6.61 Å². The van der Waals surface area contributed by atoms with Gasteiger partial charge in [-0.3, -0.25) is 4.68 Å². The van der Waals surface area contributed by atoms with Crippen molar-refractivity contribution in [3.05, 3.63) is 35.5 Å². The Morgan fingerprint density at radius 3 is 2.70 bits per heavy atom. The Balaban J connectivity index is 2.43. The molecule has 1 aromatic heterocycles. The first-order valence-electron chi connectivity index (χ1n) is 6.57. The third kappa shape index (κ3) is 3.74. The molecule has 124 valence electrons. The molecule has 0 bridgehead atoms. The summed E-state index contributed by atoms with van der Waals surface area (Å²) in [5.41, 5.74) is 4.20. The van der Waals surface area contributed by atoms with E-state index in [9.17, 15) is 18.0 Å². The smallest absolute Gasteiger partial charge is 0.420 e. The van der Waals surface area contributed by atoms with Gasteiger partial charge in [-0.2, -0.15) is 13.2 Å². The number of nitrogen functional groups attached to an aromatic ring is 1. The van der Waals surface area contributed by atoms with Gasteiger partial charge < -0.3 is 15.2 Å². The van der Waals surface area contributed by atoms with Crippen LogP contribution in [0.5, 0.6) is 11.6 Å². The molecule has 2 aromatic rings. The fraction of sp³-hybridized carbons (Fsp3) is 0.286. The van der Waals surface area contributed by atoms with Crippen molar-refractivity contribution in [3.63, 3.8) is 0 Å². The molecule has 0 radical (unpaired) electrons. The van der Waals surface area contributed by atoms with Crippen molar-refractivity contribution in [2.75, 3.05) is 12.3 Å². The number of anilines is 1. The molecule has 0 saturated heterocycles. The Kier molecular flexibility index (Phi) is 4.48. The van der Waals surface area contributed by atoms with Crippen LogP contribution >= 0.6 is 0 Å². The van der Waals surface area contributed by atoms with E-state index in [0.29, 0.717) is 0 Å². The maximum atomic E-state index is 13.1. The van der Waals surface area contributed by atoms with Crippen molar-refractivity contribution in [3.8, 4) is 11.6 Å². The number of benzene rings is 1. The lowest BCUT2D eigenvalue weighted by molar-refractivity contribution is -0.138. The van der Waals surface area contributed by atoms with Crippen LogP contribution in [0.2, 0.25) is 0 Å². The third-order valence-electron chi connectivity index (χ3n) is 2.81. The molecule has 1 heterocycles. The molecule has 0 aliphatic heterocycles. The minimum absolute atomic E-state index is 0.0590. The summed E-state index contributed by atoms with van der Waals surface area (Å²) in [5.74, 6) is -1.52. The second-order valence-electron chi connectivity index (χ2n) is 4.60. The number of carbonyl (C=O) groups excluding carboxylic acids is 1. The summed E-state index contributed by atoms with van der Waals surface area (Å²) in [7, 11) is 1.50. The van der Waals surface area contributed by atoms with Gasteiger partial charge in [-0.25, -0.2) is 4.79 Å².